The summed E-state index contributed by atoms with van der Waals surface area (Å²) in [6.45, 7) is 5.92. The highest BCUT2D eigenvalue weighted by molar-refractivity contribution is 7.96. The second-order valence-electron chi connectivity index (χ2n) is 2.58. The molecule has 0 aromatic rings. The minimum atomic E-state index is -0.639. The second kappa shape index (κ2) is 14.1. The third-order valence-electron chi connectivity index (χ3n) is 0.758. The van der Waals surface area contributed by atoms with E-state index in [2.05, 4.69) is 41.5 Å². The maximum atomic E-state index is 10.5. The molecule has 0 spiro atoms. The fourth-order valence-electron chi connectivity index (χ4n) is 0.309. The first-order chi connectivity index (χ1) is 7.14. The van der Waals surface area contributed by atoms with E-state index in [9.17, 15) is 4.79 Å². The number of carbonyl (C=O) groups is 3. The molecule has 4 N–H and O–H groups in total. The van der Waals surface area contributed by atoms with E-state index in [0.29, 0.717) is 6.61 Å². The van der Waals surface area contributed by atoms with Crippen molar-refractivity contribution in [1.29, 1.82) is 0 Å². The van der Waals surface area contributed by atoms with Crippen molar-refractivity contribution in [2.24, 2.45) is 17.4 Å². The number of ether oxygens (including phenoxy) is 1. The van der Waals surface area contributed by atoms with Gasteiger partial charge in [-0.15, -0.1) is 0 Å². The number of rotatable bonds is 2. The lowest BCUT2D eigenvalue weighted by molar-refractivity contribution is -0.146. The Balaban J connectivity index is -0.000000179. The summed E-state index contributed by atoms with van der Waals surface area (Å²) in [6, 6.07) is 0. The first-order valence-corrected chi connectivity index (χ1v) is 5.17. The van der Waals surface area contributed by atoms with Crippen molar-refractivity contribution in [2.75, 3.05) is 6.61 Å². The van der Waals surface area contributed by atoms with Gasteiger partial charge in [0.15, 0.2) is 0 Å². The van der Waals surface area contributed by atoms with Crippen LogP contribution in [0.25, 0.3) is 0 Å². The van der Waals surface area contributed by atoms with Crippen molar-refractivity contribution < 1.29 is 19.1 Å². The van der Waals surface area contributed by atoms with Gasteiger partial charge < -0.3 is 16.2 Å². The van der Waals surface area contributed by atoms with Gasteiger partial charge in [0, 0.05) is 0 Å². The van der Waals surface area contributed by atoms with Gasteiger partial charge in [0.1, 0.15) is 0 Å². The molecule has 0 aromatic heterocycles. The molecule has 8 heteroatoms. The molecule has 2 amide bonds. The van der Waals surface area contributed by atoms with Crippen molar-refractivity contribution in [3.8, 4) is 0 Å². The standard InChI is InChI=1S/C6H12O2.2CH3NOS/c1-4-8-6(7)5(2)3;2*2-1(3)4/h5H,4H2,1-3H3;2*(H3,2,3,4). The highest BCUT2D eigenvalue weighted by atomic mass is 32.1. The molecule has 0 aliphatic carbocycles. The molecule has 0 heterocycles. The molecule has 0 saturated carbocycles. The number of esters is 1. The summed E-state index contributed by atoms with van der Waals surface area (Å²) < 4.78 is 4.66. The fourth-order valence-corrected chi connectivity index (χ4v) is 0.309. The van der Waals surface area contributed by atoms with Crippen LogP contribution >= 0.6 is 25.3 Å². The summed E-state index contributed by atoms with van der Waals surface area (Å²) in [5.74, 6) is -0.109. The predicted molar refractivity (Wildman–Crippen MR) is 68.6 cm³/mol. The third-order valence-corrected chi connectivity index (χ3v) is 0.758. The Morgan fingerprint density at radius 2 is 1.38 bits per heavy atom. The molecule has 0 unspecified atom stereocenters. The van der Waals surface area contributed by atoms with Crippen LogP contribution in [0.4, 0.5) is 9.59 Å². The van der Waals surface area contributed by atoms with Crippen molar-refractivity contribution in [1.82, 2.24) is 0 Å². The summed E-state index contributed by atoms with van der Waals surface area (Å²) in [6.07, 6.45) is 0. The number of primary amides is 2. The van der Waals surface area contributed by atoms with E-state index in [1.165, 1.54) is 0 Å². The van der Waals surface area contributed by atoms with Gasteiger partial charge in [-0.25, -0.2) is 0 Å². The Bertz CT molecular complexity index is 202. The average Bonchev–Trinajstić information content (AvgIpc) is 2.02. The van der Waals surface area contributed by atoms with E-state index < -0.39 is 10.5 Å². The highest BCUT2D eigenvalue weighted by Crippen LogP contribution is 1.93. The van der Waals surface area contributed by atoms with Crippen molar-refractivity contribution in [3.05, 3.63) is 0 Å². The summed E-state index contributed by atoms with van der Waals surface area (Å²) in [5.41, 5.74) is 8.67. The minimum Gasteiger partial charge on any atom is -0.466 e. The average molecular weight is 270 g/mol. The fraction of sp³-hybridized carbons (Fsp3) is 0.625. The predicted octanol–water partition coefficient (Wildman–Crippen LogP) is 1.20. The van der Waals surface area contributed by atoms with E-state index in [1.54, 1.807) is 6.92 Å². The van der Waals surface area contributed by atoms with Crippen molar-refractivity contribution in [3.63, 3.8) is 0 Å². The maximum Gasteiger partial charge on any atom is 0.308 e. The van der Waals surface area contributed by atoms with Crippen LogP contribution in [-0.4, -0.2) is 23.1 Å². The van der Waals surface area contributed by atoms with Gasteiger partial charge in [-0.3, -0.25) is 14.4 Å². The zero-order valence-electron chi connectivity index (χ0n) is 9.47. The molecule has 0 rings (SSSR count). The van der Waals surface area contributed by atoms with Gasteiger partial charge in [-0.1, -0.05) is 39.1 Å². The SMILES string of the molecule is CCOC(=O)C(C)C.NC(=O)S.NC(=O)S. The van der Waals surface area contributed by atoms with Gasteiger partial charge in [0.25, 0.3) is 10.5 Å². The zero-order valence-corrected chi connectivity index (χ0v) is 11.3. The topological polar surface area (TPSA) is 112 Å². The molecule has 0 saturated heterocycles. The summed E-state index contributed by atoms with van der Waals surface area (Å²) in [4.78, 5) is 28.7. The maximum absolute atomic E-state index is 10.5. The molecule has 0 fully saturated rings. The summed E-state index contributed by atoms with van der Waals surface area (Å²) in [7, 11) is 0. The highest BCUT2D eigenvalue weighted by Gasteiger charge is 2.04. The molecule has 0 atom stereocenters. The van der Waals surface area contributed by atoms with Crippen molar-refractivity contribution in [2.45, 2.75) is 20.8 Å². The van der Waals surface area contributed by atoms with Crippen LogP contribution in [0.5, 0.6) is 0 Å². The first-order valence-electron chi connectivity index (χ1n) is 4.28. The van der Waals surface area contributed by atoms with Crippen molar-refractivity contribution >= 4 is 41.7 Å². The quantitative estimate of drug-likeness (QED) is 0.446. The Morgan fingerprint density at radius 3 is 1.44 bits per heavy atom. The largest absolute Gasteiger partial charge is 0.466 e. The number of thiol groups is 2. The smallest absolute Gasteiger partial charge is 0.308 e. The lowest BCUT2D eigenvalue weighted by Crippen LogP contribution is -2.10. The Labute approximate surface area is 106 Å². The van der Waals surface area contributed by atoms with E-state index in [-0.39, 0.29) is 11.9 Å². The third kappa shape index (κ3) is 51.5. The molecule has 0 aliphatic rings. The lowest BCUT2D eigenvalue weighted by Gasteiger charge is -2.01. The molecule has 0 aliphatic heterocycles. The van der Waals surface area contributed by atoms with Crippen LogP contribution in [0.3, 0.4) is 0 Å². The van der Waals surface area contributed by atoms with Crippen LogP contribution in [0.15, 0.2) is 0 Å². The number of hydrogen-bond donors (Lipinski definition) is 4. The van der Waals surface area contributed by atoms with E-state index in [1.807, 2.05) is 13.8 Å². The Kier molecular flexibility index (Phi) is 18.1. The molecule has 0 radical (unpaired) electrons. The monoisotopic (exact) mass is 270 g/mol. The molecule has 0 aromatic carbocycles. The van der Waals surface area contributed by atoms with E-state index in [0.717, 1.165) is 0 Å². The van der Waals surface area contributed by atoms with Crippen LogP contribution in [-0.2, 0) is 9.53 Å². The number of nitrogens with two attached hydrogens (primary N) is 2. The lowest BCUT2D eigenvalue weighted by atomic mass is 10.2. The van der Waals surface area contributed by atoms with Crippen LogP contribution in [0, 0.1) is 5.92 Å². The first kappa shape index (κ1) is 20.5. The molecule has 6 nitrogen and oxygen atoms in total. The van der Waals surface area contributed by atoms with Gasteiger partial charge in [-0.2, -0.15) is 0 Å². The van der Waals surface area contributed by atoms with Crippen LogP contribution in [0.2, 0.25) is 0 Å². The summed E-state index contributed by atoms with van der Waals surface area (Å²) >= 11 is 6.21. The molecule has 96 valence electrons. The molecular weight excluding hydrogens is 252 g/mol. The normalized spacial score (nSPS) is 7.88. The Morgan fingerprint density at radius 1 is 1.12 bits per heavy atom. The molecule has 16 heavy (non-hydrogen) atoms. The van der Waals surface area contributed by atoms with Gasteiger partial charge in [-0.05, 0) is 6.92 Å². The van der Waals surface area contributed by atoms with Gasteiger partial charge in [0.05, 0.1) is 12.5 Å². The number of hydrogen-bond acceptors (Lipinski definition) is 4. The van der Waals surface area contributed by atoms with Crippen LogP contribution < -0.4 is 11.5 Å². The molecular formula is C8H18N2O4S2. The van der Waals surface area contributed by atoms with E-state index in [4.69, 9.17) is 9.59 Å². The molecule has 0 bridgehead atoms. The Hall–Kier alpha value is -0.890. The minimum absolute atomic E-state index is 0.00921. The van der Waals surface area contributed by atoms with Crippen LogP contribution in [0.1, 0.15) is 20.8 Å². The number of carbonyl (C=O) groups excluding carboxylic acids is 3. The van der Waals surface area contributed by atoms with Gasteiger partial charge in [0.2, 0.25) is 0 Å². The second-order valence-corrected chi connectivity index (χ2v) is 3.46. The van der Waals surface area contributed by atoms with E-state index >= 15 is 0 Å². The van der Waals surface area contributed by atoms with Gasteiger partial charge >= 0.3 is 5.97 Å². The summed E-state index contributed by atoms with van der Waals surface area (Å²) in [5, 5.41) is -1.28. The zero-order chi connectivity index (χ0) is 13.7. The number of amides is 2.